The lowest BCUT2D eigenvalue weighted by Gasteiger charge is -2.38. The van der Waals surface area contributed by atoms with Crippen molar-refractivity contribution < 1.29 is 9.59 Å². The van der Waals surface area contributed by atoms with Gasteiger partial charge in [0.25, 0.3) is 0 Å². The third kappa shape index (κ3) is 4.78. The predicted octanol–water partition coefficient (Wildman–Crippen LogP) is 2.59. The molecule has 1 atom stereocenters. The van der Waals surface area contributed by atoms with Gasteiger partial charge in [-0.2, -0.15) is 0 Å². The lowest BCUT2D eigenvalue weighted by atomic mass is 10.1. The number of anilines is 2. The number of nitrogens with two attached hydrogens (primary N) is 1. The van der Waals surface area contributed by atoms with Crippen LogP contribution in [0.25, 0.3) is 0 Å². The number of nitrogens with zero attached hydrogens (tertiary/aromatic N) is 2. The number of primary amides is 1. The zero-order valence-electron chi connectivity index (χ0n) is 15.2. The minimum atomic E-state index is -0.487. The molecule has 1 aliphatic rings. The van der Waals surface area contributed by atoms with Gasteiger partial charge in [-0.15, -0.1) is 0 Å². The van der Waals surface area contributed by atoms with E-state index in [-0.39, 0.29) is 11.9 Å². The van der Waals surface area contributed by atoms with Crippen molar-refractivity contribution in [2.24, 2.45) is 5.73 Å². The third-order valence-electron chi connectivity index (χ3n) is 4.85. The fourth-order valence-electron chi connectivity index (χ4n) is 3.17. The van der Waals surface area contributed by atoms with E-state index in [0.29, 0.717) is 11.3 Å². The summed E-state index contributed by atoms with van der Waals surface area (Å²) in [6.07, 6.45) is 0. The van der Waals surface area contributed by atoms with Crippen LogP contribution in [-0.2, 0) is 4.79 Å². The summed E-state index contributed by atoms with van der Waals surface area (Å²) < 4.78 is 0. The van der Waals surface area contributed by atoms with Crippen LogP contribution in [0.15, 0.2) is 48.5 Å². The summed E-state index contributed by atoms with van der Waals surface area (Å²) in [7, 11) is 0. The standard InChI is InChI=1S/C20H23ClN4O2/c1-14(20(27)23-17-7-5-15(6-8-17)19(22)26)24-9-11-25(12-10-24)18-4-2-3-16(21)13-18/h2-8,13-14H,9-12H2,1H3,(H2,22,26)(H,23,27)/t14-/m0/s1. The molecule has 6 nitrogen and oxygen atoms in total. The van der Waals surface area contributed by atoms with E-state index in [4.69, 9.17) is 17.3 Å². The minimum Gasteiger partial charge on any atom is -0.369 e. The van der Waals surface area contributed by atoms with E-state index in [1.165, 1.54) is 0 Å². The number of halogens is 1. The summed E-state index contributed by atoms with van der Waals surface area (Å²) in [6, 6.07) is 14.1. The average Bonchev–Trinajstić information content (AvgIpc) is 2.68. The van der Waals surface area contributed by atoms with E-state index in [1.54, 1.807) is 24.3 Å². The molecule has 1 saturated heterocycles. The zero-order chi connectivity index (χ0) is 19.4. The smallest absolute Gasteiger partial charge is 0.248 e. The lowest BCUT2D eigenvalue weighted by Crippen LogP contribution is -2.52. The number of hydrogen-bond acceptors (Lipinski definition) is 4. The van der Waals surface area contributed by atoms with Gasteiger partial charge < -0.3 is 16.0 Å². The molecule has 1 heterocycles. The maximum atomic E-state index is 12.6. The highest BCUT2D eigenvalue weighted by Gasteiger charge is 2.25. The normalized spacial score (nSPS) is 16.0. The summed E-state index contributed by atoms with van der Waals surface area (Å²) >= 11 is 6.07. The summed E-state index contributed by atoms with van der Waals surface area (Å²) in [5.74, 6) is -0.558. The van der Waals surface area contributed by atoms with Crippen LogP contribution in [0, 0.1) is 0 Å². The summed E-state index contributed by atoms with van der Waals surface area (Å²) in [4.78, 5) is 28.1. The molecule has 0 saturated carbocycles. The van der Waals surface area contributed by atoms with Gasteiger partial charge in [-0.3, -0.25) is 14.5 Å². The molecule has 0 bridgehead atoms. The van der Waals surface area contributed by atoms with Crippen molar-refractivity contribution in [3.8, 4) is 0 Å². The molecule has 7 heteroatoms. The van der Waals surface area contributed by atoms with Crippen molar-refractivity contribution in [1.82, 2.24) is 4.90 Å². The van der Waals surface area contributed by atoms with Gasteiger partial charge in [0.1, 0.15) is 0 Å². The van der Waals surface area contributed by atoms with Gasteiger partial charge in [0.05, 0.1) is 6.04 Å². The van der Waals surface area contributed by atoms with Crippen LogP contribution in [0.4, 0.5) is 11.4 Å². The van der Waals surface area contributed by atoms with Crippen molar-refractivity contribution in [2.75, 3.05) is 36.4 Å². The molecule has 3 rings (SSSR count). The van der Waals surface area contributed by atoms with Gasteiger partial charge in [0.2, 0.25) is 11.8 Å². The number of amides is 2. The first-order chi connectivity index (χ1) is 12.9. The van der Waals surface area contributed by atoms with Crippen LogP contribution < -0.4 is 16.0 Å². The lowest BCUT2D eigenvalue weighted by molar-refractivity contribution is -0.120. The summed E-state index contributed by atoms with van der Waals surface area (Å²) in [5.41, 5.74) is 7.40. The SMILES string of the molecule is C[C@@H](C(=O)Nc1ccc(C(N)=O)cc1)N1CCN(c2cccc(Cl)c2)CC1. The maximum Gasteiger partial charge on any atom is 0.248 e. The second-order valence-corrected chi connectivity index (χ2v) is 7.05. The highest BCUT2D eigenvalue weighted by Crippen LogP contribution is 2.21. The fraction of sp³-hybridized carbons (Fsp3) is 0.300. The van der Waals surface area contributed by atoms with E-state index in [1.807, 2.05) is 31.2 Å². The molecule has 0 aliphatic carbocycles. The van der Waals surface area contributed by atoms with Crippen molar-refractivity contribution >= 4 is 34.8 Å². The first-order valence-electron chi connectivity index (χ1n) is 8.89. The first kappa shape index (κ1) is 19.2. The summed E-state index contributed by atoms with van der Waals surface area (Å²) in [5, 5.41) is 3.62. The number of nitrogens with one attached hydrogen (secondary N) is 1. The van der Waals surface area contributed by atoms with Crippen molar-refractivity contribution in [1.29, 1.82) is 0 Å². The van der Waals surface area contributed by atoms with Gasteiger partial charge in [0.15, 0.2) is 0 Å². The Hall–Kier alpha value is -2.57. The molecule has 142 valence electrons. The Morgan fingerprint density at radius 2 is 1.74 bits per heavy atom. The van der Waals surface area contributed by atoms with Gasteiger partial charge in [0, 0.05) is 48.1 Å². The van der Waals surface area contributed by atoms with Crippen LogP contribution in [0.3, 0.4) is 0 Å². The first-order valence-corrected chi connectivity index (χ1v) is 9.27. The third-order valence-corrected chi connectivity index (χ3v) is 5.09. The van der Waals surface area contributed by atoms with Crippen LogP contribution >= 0.6 is 11.6 Å². The van der Waals surface area contributed by atoms with Crippen LogP contribution in [0.5, 0.6) is 0 Å². The molecule has 27 heavy (non-hydrogen) atoms. The molecule has 1 fully saturated rings. The van der Waals surface area contributed by atoms with E-state index < -0.39 is 5.91 Å². The van der Waals surface area contributed by atoms with Gasteiger partial charge in [-0.25, -0.2) is 0 Å². The molecular formula is C20H23ClN4O2. The van der Waals surface area contributed by atoms with Crippen molar-refractivity contribution in [3.05, 3.63) is 59.1 Å². The van der Waals surface area contributed by atoms with Gasteiger partial charge in [-0.1, -0.05) is 17.7 Å². The van der Waals surface area contributed by atoms with Crippen LogP contribution in [0.2, 0.25) is 5.02 Å². The Bertz CT molecular complexity index is 817. The van der Waals surface area contributed by atoms with E-state index in [2.05, 4.69) is 15.1 Å². The minimum absolute atomic E-state index is 0.0713. The number of piperazine rings is 1. The zero-order valence-corrected chi connectivity index (χ0v) is 15.9. The Morgan fingerprint density at radius 1 is 1.07 bits per heavy atom. The van der Waals surface area contributed by atoms with Gasteiger partial charge >= 0.3 is 0 Å². The monoisotopic (exact) mass is 386 g/mol. The number of hydrogen-bond donors (Lipinski definition) is 2. The highest BCUT2D eigenvalue weighted by molar-refractivity contribution is 6.30. The second kappa shape index (κ2) is 8.41. The van der Waals surface area contributed by atoms with E-state index in [9.17, 15) is 9.59 Å². The molecular weight excluding hydrogens is 364 g/mol. The number of carbonyl (C=O) groups excluding carboxylic acids is 2. The van der Waals surface area contributed by atoms with E-state index >= 15 is 0 Å². The topological polar surface area (TPSA) is 78.7 Å². The Morgan fingerprint density at radius 3 is 2.33 bits per heavy atom. The Labute approximate surface area is 163 Å². The molecule has 3 N–H and O–H groups in total. The summed E-state index contributed by atoms with van der Waals surface area (Å²) in [6.45, 7) is 5.17. The second-order valence-electron chi connectivity index (χ2n) is 6.61. The van der Waals surface area contributed by atoms with Crippen molar-refractivity contribution in [3.63, 3.8) is 0 Å². The quantitative estimate of drug-likeness (QED) is 0.827. The van der Waals surface area contributed by atoms with E-state index in [0.717, 1.165) is 36.9 Å². The molecule has 0 aromatic heterocycles. The van der Waals surface area contributed by atoms with Gasteiger partial charge in [-0.05, 0) is 49.4 Å². The molecule has 0 spiro atoms. The largest absolute Gasteiger partial charge is 0.369 e. The molecule has 0 unspecified atom stereocenters. The van der Waals surface area contributed by atoms with Crippen LogP contribution in [-0.4, -0.2) is 48.9 Å². The Balaban J connectivity index is 1.54. The molecule has 0 radical (unpaired) electrons. The Kier molecular flexibility index (Phi) is 5.98. The molecule has 1 aliphatic heterocycles. The maximum absolute atomic E-state index is 12.6. The molecule has 2 aromatic carbocycles. The molecule has 2 aromatic rings. The van der Waals surface area contributed by atoms with Crippen LogP contribution in [0.1, 0.15) is 17.3 Å². The number of rotatable bonds is 5. The highest BCUT2D eigenvalue weighted by atomic mass is 35.5. The van der Waals surface area contributed by atoms with Crippen molar-refractivity contribution in [2.45, 2.75) is 13.0 Å². The molecule has 2 amide bonds. The number of benzene rings is 2. The fourth-order valence-corrected chi connectivity index (χ4v) is 3.36. The average molecular weight is 387 g/mol. The predicted molar refractivity (Wildman–Crippen MR) is 108 cm³/mol. The number of carbonyl (C=O) groups is 2.